The number of carbonyl (C=O) groups excluding carboxylic acids is 1. The van der Waals surface area contributed by atoms with Crippen molar-refractivity contribution in [1.29, 1.82) is 0 Å². The van der Waals surface area contributed by atoms with Gasteiger partial charge in [-0.2, -0.15) is 0 Å². The van der Waals surface area contributed by atoms with Crippen LogP contribution in [-0.4, -0.2) is 25.6 Å². The molecular weight excluding hydrogens is 204 g/mol. The molecule has 2 heterocycles. The molecule has 1 atom stereocenters. The van der Waals surface area contributed by atoms with Crippen molar-refractivity contribution >= 4 is 11.6 Å². The van der Waals surface area contributed by atoms with Crippen LogP contribution in [-0.2, 0) is 4.79 Å². The van der Waals surface area contributed by atoms with E-state index >= 15 is 0 Å². The van der Waals surface area contributed by atoms with Crippen molar-refractivity contribution in [3.63, 3.8) is 0 Å². The first-order valence-electron chi connectivity index (χ1n) is 5.60. The predicted octanol–water partition coefficient (Wildman–Crippen LogP) is 1.09. The molecule has 1 saturated heterocycles. The molecular formula is C12H14N2O2. The molecule has 0 radical (unpaired) electrons. The van der Waals surface area contributed by atoms with Crippen LogP contribution in [0.25, 0.3) is 0 Å². The van der Waals surface area contributed by atoms with Crippen molar-refractivity contribution in [3.05, 3.63) is 23.8 Å². The summed E-state index contributed by atoms with van der Waals surface area (Å²) in [4.78, 5) is 11.2. The van der Waals surface area contributed by atoms with E-state index in [2.05, 4.69) is 16.7 Å². The summed E-state index contributed by atoms with van der Waals surface area (Å²) < 4.78 is 5.33. The summed E-state index contributed by atoms with van der Waals surface area (Å²) in [6.45, 7) is 2.22. The van der Waals surface area contributed by atoms with Crippen molar-refractivity contribution in [2.45, 2.75) is 12.3 Å². The Kier molecular flexibility index (Phi) is 2.29. The van der Waals surface area contributed by atoms with Crippen LogP contribution in [0.4, 0.5) is 5.69 Å². The van der Waals surface area contributed by atoms with E-state index < -0.39 is 0 Å². The Bertz CT molecular complexity index is 425. The average Bonchev–Trinajstić information content (AvgIpc) is 2.81. The van der Waals surface area contributed by atoms with Crippen LogP contribution < -0.4 is 15.4 Å². The van der Waals surface area contributed by atoms with Gasteiger partial charge in [0.1, 0.15) is 5.75 Å². The van der Waals surface area contributed by atoms with Crippen LogP contribution in [0, 0.1) is 0 Å². The number of hydrogen-bond donors (Lipinski definition) is 2. The average molecular weight is 218 g/mol. The summed E-state index contributed by atoms with van der Waals surface area (Å²) in [5, 5.41) is 6.18. The first-order valence-corrected chi connectivity index (χ1v) is 5.60. The fourth-order valence-corrected chi connectivity index (χ4v) is 2.29. The minimum atomic E-state index is -0.0748. The molecule has 1 aromatic carbocycles. The molecule has 1 amide bonds. The SMILES string of the molecule is O=C1COc2ccc(C3CCNC3)cc2N1. The zero-order valence-electron chi connectivity index (χ0n) is 8.95. The Morgan fingerprint density at radius 2 is 2.31 bits per heavy atom. The van der Waals surface area contributed by atoms with E-state index in [0.29, 0.717) is 5.92 Å². The molecule has 0 saturated carbocycles. The summed E-state index contributed by atoms with van der Waals surface area (Å²) in [6.07, 6.45) is 1.16. The molecule has 16 heavy (non-hydrogen) atoms. The molecule has 2 aliphatic rings. The van der Waals surface area contributed by atoms with E-state index in [-0.39, 0.29) is 12.5 Å². The monoisotopic (exact) mass is 218 g/mol. The molecule has 1 unspecified atom stereocenters. The van der Waals surface area contributed by atoms with E-state index in [1.807, 2.05) is 12.1 Å². The van der Waals surface area contributed by atoms with Crippen LogP contribution in [0.1, 0.15) is 17.9 Å². The van der Waals surface area contributed by atoms with Crippen molar-refractivity contribution in [2.75, 3.05) is 25.0 Å². The highest BCUT2D eigenvalue weighted by molar-refractivity contribution is 5.95. The number of hydrogen-bond acceptors (Lipinski definition) is 3. The molecule has 0 bridgehead atoms. The second-order valence-electron chi connectivity index (χ2n) is 4.28. The highest BCUT2D eigenvalue weighted by Gasteiger charge is 2.20. The van der Waals surface area contributed by atoms with Crippen molar-refractivity contribution < 1.29 is 9.53 Å². The largest absolute Gasteiger partial charge is 0.482 e. The van der Waals surface area contributed by atoms with Gasteiger partial charge in [0, 0.05) is 6.54 Å². The molecule has 0 aliphatic carbocycles. The van der Waals surface area contributed by atoms with Gasteiger partial charge in [-0.3, -0.25) is 4.79 Å². The lowest BCUT2D eigenvalue weighted by molar-refractivity contribution is -0.118. The standard InChI is InChI=1S/C12H14N2O2/c15-12-7-16-11-2-1-8(5-10(11)14-12)9-3-4-13-6-9/h1-2,5,9,13H,3-4,6-7H2,(H,14,15). The number of fused-ring (bicyclic) bond motifs is 1. The number of nitrogens with one attached hydrogen (secondary N) is 2. The van der Waals surface area contributed by atoms with Gasteiger partial charge < -0.3 is 15.4 Å². The topological polar surface area (TPSA) is 50.4 Å². The second-order valence-corrected chi connectivity index (χ2v) is 4.28. The van der Waals surface area contributed by atoms with Crippen LogP contribution >= 0.6 is 0 Å². The number of amides is 1. The first kappa shape index (κ1) is 9.66. The van der Waals surface area contributed by atoms with Gasteiger partial charge >= 0.3 is 0 Å². The van der Waals surface area contributed by atoms with Crippen molar-refractivity contribution in [3.8, 4) is 5.75 Å². The Morgan fingerprint density at radius 1 is 1.38 bits per heavy atom. The van der Waals surface area contributed by atoms with Crippen molar-refractivity contribution in [2.24, 2.45) is 0 Å². The number of carbonyl (C=O) groups is 1. The van der Waals surface area contributed by atoms with E-state index in [0.717, 1.165) is 30.9 Å². The summed E-state index contributed by atoms with van der Waals surface area (Å²) in [5.41, 5.74) is 2.08. The third-order valence-corrected chi connectivity index (χ3v) is 3.17. The zero-order valence-corrected chi connectivity index (χ0v) is 8.95. The van der Waals surface area contributed by atoms with Crippen LogP contribution in [0.2, 0.25) is 0 Å². The maximum Gasteiger partial charge on any atom is 0.262 e. The zero-order chi connectivity index (χ0) is 11.0. The van der Waals surface area contributed by atoms with E-state index in [4.69, 9.17) is 4.74 Å². The number of benzene rings is 1. The minimum Gasteiger partial charge on any atom is -0.482 e. The van der Waals surface area contributed by atoms with Gasteiger partial charge in [0.25, 0.3) is 5.91 Å². The van der Waals surface area contributed by atoms with Crippen LogP contribution in [0.3, 0.4) is 0 Å². The third kappa shape index (κ3) is 1.65. The fraction of sp³-hybridized carbons (Fsp3) is 0.417. The molecule has 84 valence electrons. The summed E-state index contributed by atoms with van der Waals surface area (Å²) in [7, 11) is 0. The Labute approximate surface area is 94.0 Å². The lowest BCUT2D eigenvalue weighted by atomic mass is 9.97. The second kappa shape index (κ2) is 3.79. The van der Waals surface area contributed by atoms with Gasteiger partial charge in [-0.25, -0.2) is 0 Å². The van der Waals surface area contributed by atoms with Gasteiger partial charge in [0.2, 0.25) is 0 Å². The molecule has 1 fully saturated rings. The molecule has 0 aromatic heterocycles. The smallest absolute Gasteiger partial charge is 0.262 e. The Morgan fingerprint density at radius 3 is 3.12 bits per heavy atom. The summed E-state index contributed by atoms with van der Waals surface area (Å²) in [5.74, 6) is 1.26. The quantitative estimate of drug-likeness (QED) is 0.742. The van der Waals surface area contributed by atoms with Crippen LogP contribution in [0.5, 0.6) is 5.75 Å². The van der Waals surface area contributed by atoms with Gasteiger partial charge in [-0.05, 0) is 36.6 Å². The molecule has 1 aromatic rings. The Balaban J connectivity index is 1.91. The molecule has 3 rings (SSSR count). The maximum atomic E-state index is 11.2. The lowest BCUT2D eigenvalue weighted by Gasteiger charge is -2.19. The van der Waals surface area contributed by atoms with E-state index in [9.17, 15) is 4.79 Å². The number of ether oxygens (including phenoxy) is 1. The van der Waals surface area contributed by atoms with Gasteiger partial charge in [0.15, 0.2) is 6.61 Å². The highest BCUT2D eigenvalue weighted by atomic mass is 16.5. The third-order valence-electron chi connectivity index (χ3n) is 3.17. The first-order chi connectivity index (χ1) is 7.83. The molecule has 0 spiro atoms. The van der Waals surface area contributed by atoms with E-state index in [1.165, 1.54) is 5.56 Å². The van der Waals surface area contributed by atoms with Gasteiger partial charge in [0.05, 0.1) is 5.69 Å². The predicted molar refractivity (Wildman–Crippen MR) is 60.8 cm³/mol. The summed E-state index contributed by atoms with van der Waals surface area (Å²) >= 11 is 0. The Hall–Kier alpha value is -1.55. The van der Waals surface area contributed by atoms with Crippen LogP contribution in [0.15, 0.2) is 18.2 Å². The maximum absolute atomic E-state index is 11.2. The van der Waals surface area contributed by atoms with Gasteiger partial charge in [-0.1, -0.05) is 6.07 Å². The number of rotatable bonds is 1. The summed E-state index contributed by atoms with van der Waals surface area (Å²) in [6, 6.07) is 6.07. The normalized spacial score (nSPS) is 23.5. The highest BCUT2D eigenvalue weighted by Crippen LogP contribution is 2.32. The molecule has 2 N–H and O–H groups in total. The lowest BCUT2D eigenvalue weighted by Crippen LogP contribution is -2.25. The number of anilines is 1. The van der Waals surface area contributed by atoms with Gasteiger partial charge in [-0.15, -0.1) is 0 Å². The molecule has 4 nitrogen and oxygen atoms in total. The minimum absolute atomic E-state index is 0.0748. The molecule has 4 heteroatoms. The molecule has 2 aliphatic heterocycles. The fourth-order valence-electron chi connectivity index (χ4n) is 2.29. The van der Waals surface area contributed by atoms with E-state index in [1.54, 1.807) is 0 Å². The van der Waals surface area contributed by atoms with Crippen molar-refractivity contribution in [1.82, 2.24) is 5.32 Å².